The van der Waals surface area contributed by atoms with E-state index in [4.69, 9.17) is 14.2 Å². The summed E-state index contributed by atoms with van der Waals surface area (Å²) in [7, 11) is 0. The van der Waals surface area contributed by atoms with Crippen molar-refractivity contribution in [3.05, 3.63) is 59.4 Å². The van der Waals surface area contributed by atoms with Crippen LogP contribution >= 0.6 is 0 Å². The third-order valence-electron chi connectivity index (χ3n) is 10.5. The van der Waals surface area contributed by atoms with Gasteiger partial charge in [-0.2, -0.15) is 0 Å². The molecule has 42 heavy (non-hydrogen) atoms. The molecule has 1 aromatic carbocycles. The van der Waals surface area contributed by atoms with Gasteiger partial charge in [-0.1, -0.05) is 19.1 Å². The van der Waals surface area contributed by atoms with Gasteiger partial charge in [0.15, 0.2) is 0 Å². The molecule has 0 aliphatic heterocycles. The fraction of sp³-hybridized carbons (Fsp3) is 0.676. The molecule has 0 amide bonds. The molecule has 0 unspecified atom stereocenters. The molecule has 6 atom stereocenters. The SMILES string of the molecule is C[C@]12CC[C@@H]3c4ccc(O)cc4CC[C@H]3[C@@H]1C[C@@](CO)(CCOCCOCCOCCNCCc1ccccn1)[C@@H]2O. The van der Waals surface area contributed by atoms with Crippen molar-refractivity contribution in [2.75, 3.05) is 59.3 Å². The Balaban J connectivity index is 0.968. The highest BCUT2D eigenvalue weighted by Crippen LogP contribution is 2.66. The molecule has 2 aromatic rings. The van der Waals surface area contributed by atoms with Crippen LogP contribution in [-0.2, 0) is 27.1 Å². The average molecular weight is 583 g/mol. The van der Waals surface area contributed by atoms with Crippen molar-refractivity contribution < 1.29 is 29.5 Å². The van der Waals surface area contributed by atoms with E-state index < -0.39 is 11.5 Å². The Morgan fingerprint density at radius 1 is 0.976 bits per heavy atom. The van der Waals surface area contributed by atoms with E-state index >= 15 is 0 Å². The van der Waals surface area contributed by atoms with Gasteiger partial charge < -0.3 is 34.8 Å². The van der Waals surface area contributed by atoms with Crippen molar-refractivity contribution in [3.63, 3.8) is 0 Å². The number of aromatic hydroxyl groups is 1. The highest BCUT2D eigenvalue weighted by molar-refractivity contribution is 5.40. The summed E-state index contributed by atoms with van der Waals surface area (Å²) in [6.45, 7) is 7.12. The number of phenols is 1. The first-order valence-electron chi connectivity index (χ1n) is 15.9. The fourth-order valence-electron chi connectivity index (χ4n) is 8.21. The highest BCUT2D eigenvalue weighted by Gasteiger charge is 2.63. The Morgan fingerprint density at radius 3 is 2.52 bits per heavy atom. The number of phenolic OH excluding ortho intramolecular Hbond substituents is 1. The molecule has 0 saturated heterocycles. The number of hydrogen-bond donors (Lipinski definition) is 4. The number of benzene rings is 1. The number of pyridine rings is 1. The molecule has 8 heteroatoms. The van der Waals surface area contributed by atoms with Crippen molar-refractivity contribution in [1.29, 1.82) is 0 Å². The van der Waals surface area contributed by atoms with Gasteiger partial charge in [0.25, 0.3) is 0 Å². The number of nitrogens with zero attached hydrogens (tertiary/aromatic N) is 1. The van der Waals surface area contributed by atoms with Gasteiger partial charge in [0.05, 0.1) is 45.7 Å². The molecule has 3 aliphatic rings. The second-order valence-electron chi connectivity index (χ2n) is 12.9. The minimum absolute atomic E-state index is 0.0166. The monoisotopic (exact) mass is 582 g/mol. The minimum atomic E-state index is -0.538. The fourth-order valence-corrected chi connectivity index (χ4v) is 8.21. The highest BCUT2D eigenvalue weighted by atomic mass is 16.5. The molecular weight excluding hydrogens is 532 g/mol. The summed E-state index contributed by atoms with van der Waals surface area (Å²) < 4.78 is 17.2. The van der Waals surface area contributed by atoms with Gasteiger partial charge in [-0.3, -0.25) is 4.98 Å². The number of rotatable bonds is 16. The van der Waals surface area contributed by atoms with Crippen LogP contribution in [0.4, 0.5) is 0 Å². The van der Waals surface area contributed by atoms with Crippen molar-refractivity contribution in [1.82, 2.24) is 10.3 Å². The summed E-state index contributed by atoms with van der Waals surface area (Å²) in [5, 5.41) is 35.6. The maximum atomic E-state index is 11.7. The first-order valence-corrected chi connectivity index (χ1v) is 15.9. The summed E-state index contributed by atoms with van der Waals surface area (Å²) in [6.07, 6.45) is 7.73. The largest absolute Gasteiger partial charge is 0.508 e. The van der Waals surface area contributed by atoms with E-state index in [1.807, 2.05) is 36.5 Å². The van der Waals surface area contributed by atoms with E-state index in [-0.39, 0.29) is 12.0 Å². The number of aromatic nitrogens is 1. The van der Waals surface area contributed by atoms with Crippen LogP contribution < -0.4 is 5.32 Å². The zero-order valence-corrected chi connectivity index (χ0v) is 25.2. The average Bonchev–Trinajstić information content (AvgIpc) is 3.24. The zero-order valence-electron chi connectivity index (χ0n) is 25.2. The molecule has 0 spiro atoms. The standard InChI is InChI=1S/C34H50N2O6/c1-33-11-9-29-28-8-6-27(38)22-25(28)5-7-30(29)31(33)23-34(24-37,32(33)39)12-16-40-18-20-42-21-19-41-17-15-35-14-10-26-4-2-3-13-36-26/h2-4,6,8,13,22,29-32,35,37-39H,5,7,9-12,14-21,23-24H2,1H3/t29-,30-,31+,32-,33+,34-/m1/s1. The zero-order chi connectivity index (χ0) is 29.4. The summed E-state index contributed by atoms with van der Waals surface area (Å²) in [5.74, 6) is 1.70. The number of aryl methyl sites for hydroxylation is 1. The van der Waals surface area contributed by atoms with Crippen LogP contribution in [0.25, 0.3) is 0 Å². The predicted molar refractivity (Wildman–Crippen MR) is 162 cm³/mol. The number of ether oxygens (including phenoxy) is 3. The molecule has 1 aromatic heterocycles. The summed E-state index contributed by atoms with van der Waals surface area (Å²) in [5.41, 5.74) is 3.04. The third-order valence-corrected chi connectivity index (χ3v) is 10.5. The molecule has 0 bridgehead atoms. The summed E-state index contributed by atoms with van der Waals surface area (Å²) >= 11 is 0. The Hall–Kier alpha value is -2.07. The number of nitrogens with one attached hydrogen (secondary N) is 1. The van der Waals surface area contributed by atoms with Gasteiger partial charge in [0, 0.05) is 43.4 Å². The molecule has 3 aliphatic carbocycles. The summed E-state index contributed by atoms with van der Waals surface area (Å²) in [4.78, 5) is 4.32. The lowest BCUT2D eigenvalue weighted by Crippen LogP contribution is -2.46. The first-order chi connectivity index (χ1) is 20.5. The van der Waals surface area contributed by atoms with E-state index in [1.54, 1.807) is 0 Å². The molecule has 2 fully saturated rings. The van der Waals surface area contributed by atoms with Crippen LogP contribution in [0.1, 0.15) is 61.8 Å². The van der Waals surface area contributed by atoms with Gasteiger partial charge >= 0.3 is 0 Å². The van der Waals surface area contributed by atoms with Gasteiger partial charge in [-0.25, -0.2) is 0 Å². The van der Waals surface area contributed by atoms with Crippen LogP contribution in [0, 0.1) is 22.7 Å². The molecule has 8 nitrogen and oxygen atoms in total. The Bertz CT molecular complexity index is 1120. The molecular formula is C34H50N2O6. The van der Waals surface area contributed by atoms with Crippen LogP contribution in [0.2, 0.25) is 0 Å². The molecule has 5 rings (SSSR count). The van der Waals surface area contributed by atoms with Gasteiger partial charge in [0.2, 0.25) is 0 Å². The molecule has 0 radical (unpaired) electrons. The van der Waals surface area contributed by atoms with E-state index in [0.717, 1.165) is 57.3 Å². The quantitative estimate of drug-likeness (QED) is 0.221. The topological polar surface area (TPSA) is 113 Å². The van der Waals surface area contributed by atoms with E-state index in [0.29, 0.717) is 69.6 Å². The number of aliphatic hydroxyl groups is 2. The Kier molecular flexibility index (Phi) is 10.9. The normalized spacial score (nSPS) is 30.1. The van der Waals surface area contributed by atoms with Gasteiger partial charge in [-0.05, 0) is 97.1 Å². The van der Waals surface area contributed by atoms with E-state index in [2.05, 4.69) is 23.3 Å². The number of fused-ring (bicyclic) bond motifs is 5. The van der Waals surface area contributed by atoms with Gasteiger partial charge in [-0.15, -0.1) is 0 Å². The Labute approximate surface area is 250 Å². The molecule has 2 saturated carbocycles. The third kappa shape index (κ3) is 7.01. The maximum Gasteiger partial charge on any atom is 0.115 e. The van der Waals surface area contributed by atoms with Crippen molar-refractivity contribution in [2.45, 2.75) is 63.9 Å². The summed E-state index contributed by atoms with van der Waals surface area (Å²) in [6, 6.07) is 11.8. The van der Waals surface area contributed by atoms with Crippen LogP contribution in [-0.4, -0.2) is 85.7 Å². The van der Waals surface area contributed by atoms with Crippen LogP contribution in [0.15, 0.2) is 42.6 Å². The minimum Gasteiger partial charge on any atom is -0.508 e. The van der Waals surface area contributed by atoms with Crippen LogP contribution in [0.5, 0.6) is 5.75 Å². The van der Waals surface area contributed by atoms with Crippen molar-refractivity contribution in [2.24, 2.45) is 22.7 Å². The first kappa shape index (κ1) is 31.4. The van der Waals surface area contributed by atoms with Crippen molar-refractivity contribution >= 4 is 0 Å². The second kappa shape index (κ2) is 14.6. The number of aliphatic hydroxyl groups excluding tert-OH is 2. The van der Waals surface area contributed by atoms with Crippen LogP contribution in [0.3, 0.4) is 0 Å². The lowest BCUT2D eigenvalue weighted by Gasteiger charge is -2.50. The lowest BCUT2D eigenvalue weighted by molar-refractivity contribution is -0.0792. The van der Waals surface area contributed by atoms with Crippen molar-refractivity contribution in [3.8, 4) is 5.75 Å². The van der Waals surface area contributed by atoms with E-state index in [9.17, 15) is 15.3 Å². The predicted octanol–water partition coefficient (Wildman–Crippen LogP) is 3.87. The molecule has 1 heterocycles. The Morgan fingerprint density at radius 2 is 1.76 bits per heavy atom. The molecule has 232 valence electrons. The number of hydrogen-bond acceptors (Lipinski definition) is 8. The smallest absolute Gasteiger partial charge is 0.115 e. The second-order valence-corrected chi connectivity index (χ2v) is 12.9. The maximum absolute atomic E-state index is 11.7. The molecule has 4 N–H and O–H groups in total. The lowest BCUT2D eigenvalue weighted by atomic mass is 9.55. The van der Waals surface area contributed by atoms with E-state index in [1.165, 1.54) is 11.1 Å². The van der Waals surface area contributed by atoms with Gasteiger partial charge in [0.1, 0.15) is 5.75 Å².